The van der Waals surface area contributed by atoms with Crippen LogP contribution in [0.2, 0.25) is 0 Å². The molecule has 102 heavy (non-hydrogen) atoms. The van der Waals surface area contributed by atoms with Gasteiger partial charge in [0.2, 0.25) is 0 Å². The number of benzene rings is 4. The van der Waals surface area contributed by atoms with Gasteiger partial charge in [0.15, 0.2) is 0 Å². The Morgan fingerprint density at radius 3 is 1.30 bits per heavy atom. The number of hydrogen-bond donors (Lipinski definition) is 2. The maximum absolute atomic E-state index is 13.0. The second-order valence-corrected chi connectivity index (χ2v) is 34.2. The average molecular weight is 1650 g/mol. The molecular weight excluding hydrogens is 1540 g/mol. The van der Waals surface area contributed by atoms with Crippen LogP contribution < -0.4 is 86.6 Å². The van der Waals surface area contributed by atoms with Crippen LogP contribution in [0.5, 0.6) is 17.2 Å². The van der Waals surface area contributed by atoms with Crippen molar-refractivity contribution in [2.75, 3.05) is 21.3 Å². The van der Waals surface area contributed by atoms with Crippen molar-refractivity contribution in [1.82, 2.24) is 13.7 Å². The number of carbonyl (C=O) groups excluding carboxylic acids is 3. The Bertz CT molecular complexity index is 3650. The molecule has 2 fully saturated rings. The molecule has 0 saturated heterocycles. The van der Waals surface area contributed by atoms with Gasteiger partial charge in [0.05, 0.1) is 47.3 Å². The Morgan fingerprint density at radius 2 is 0.931 bits per heavy atom. The monoisotopic (exact) mass is 1650 g/mol. The number of rotatable bonds is 11. The van der Waals surface area contributed by atoms with Crippen molar-refractivity contribution in [2.45, 2.75) is 221 Å². The minimum atomic E-state index is -3.15. The molecule has 0 bridgehead atoms. The van der Waals surface area contributed by atoms with Gasteiger partial charge in [0.25, 0.3) is 0 Å². The van der Waals surface area contributed by atoms with Gasteiger partial charge in [0.1, 0.15) is 34.1 Å². The summed E-state index contributed by atoms with van der Waals surface area (Å²) in [6.45, 7) is 31.3. The molecule has 1 atom stereocenters. The molecule has 2 N–H and O–H groups in total. The van der Waals surface area contributed by atoms with Crippen molar-refractivity contribution in [1.29, 1.82) is 0 Å². The second kappa shape index (κ2) is 45.2. The van der Waals surface area contributed by atoms with Gasteiger partial charge < -0.3 is 48.6 Å². The molecule has 544 valence electrons. The third-order valence-electron chi connectivity index (χ3n) is 16.0. The molecule has 26 heteroatoms. The van der Waals surface area contributed by atoms with Crippen LogP contribution in [0, 0.1) is 6.92 Å². The Balaban J connectivity index is 0.000000473. The quantitative estimate of drug-likeness (QED) is 0.0403. The SMILES string of the molecule is C.CC(C)(C)OC(=O)n1cccc1B(O)O.COc1c(-c2cccn2C(=O)OC(C)(C)C)cc(C(C)(C)C)cc1-c1cccn1C(=O)OC(C)(C)C.COc1c(Br)cc(C(C)(C)C)cc1Br.COc1cccc(C)c1-c1ccccc1P(C1CCCCC1)C1CCCCC1.O=[P+]([O-])O[O-].[K+].[K][K]. The van der Waals surface area contributed by atoms with E-state index in [1.54, 1.807) is 70.9 Å². The van der Waals surface area contributed by atoms with Crippen molar-refractivity contribution < 1.29 is 124 Å². The average Bonchev–Trinajstić information content (AvgIpc) is 1.31. The van der Waals surface area contributed by atoms with Crippen LogP contribution >= 0.6 is 48.0 Å². The fourth-order valence-corrected chi connectivity index (χ4v) is 17.0. The Labute approximate surface area is 714 Å². The fourth-order valence-electron chi connectivity index (χ4n) is 11.5. The first-order valence-corrected chi connectivity index (χ1v) is 54.2. The van der Waals surface area contributed by atoms with E-state index in [4.69, 9.17) is 53.2 Å². The van der Waals surface area contributed by atoms with Crippen LogP contribution in [0.15, 0.2) is 131 Å². The maximum atomic E-state index is 13.0. The summed E-state index contributed by atoms with van der Waals surface area (Å²) in [5.41, 5.74) is 9.03. The van der Waals surface area contributed by atoms with E-state index in [9.17, 15) is 14.4 Å². The second-order valence-electron chi connectivity index (χ2n) is 29.2. The number of halogens is 2. The zero-order valence-corrected chi connectivity index (χ0v) is 77.9. The van der Waals surface area contributed by atoms with Gasteiger partial charge in [-0.25, -0.2) is 19.1 Å². The molecule has 0 radical (unpaired) electrons. The van der Waals surface area contributed by atoms with Gasteiger partial charge in [-0.2, -0.15) is 0 Å². The van der Waals surface area contributed by atoms with E-state index in [1.165, 1.54) is 171 Å². The normalized spacial score (nSPS) is 13.5. The summed E-state index contributed by atoms with van der Waals surface area (Å²) in [6, 6.07) is 34.3. The van der Waals surface area contributed by atoms with E-state index in [0.29, 0.717) is 28.3 Å². The molecule has 7 aromatic rings. The topological polar surface area (TPSA) is 234 Å². The summed E-state index contributed by atoms with van der Waals surface area (Å²) in [4.78, 5) is 46.5. The number of ether oxygens (including phenoxy) is 6. The van der Waals surface area contributed by atoms with Gasteiger partial charge in [-0.1, -0.05) is 132 Å². The first kappa shape index (κ1) is 96.9. The summed E-state index contributed by atoms with van der Waals surface area (Å²) >= 11 is 9.49. The Hall–Kier alpha value is -1.21. The standard InChI is InChI=1S/C29H38N2O5.C26H35OP.C11H14Br2O.C9H14BNO4.CH4.3K.HO4P/c1-27(2,3)19-17-20(22-13-11-15-30(22)25(32)35-28(4,5)6)24(34-10)21(18-19)23-14-12-16-31(23)26(33)36-29(7,8)9;1-20-12-11-18-24(27-2)26(20)23-17-9-10-19-25(23)28(21-13-5-3-6-14-21)22-15-7-4-8-16-22;1-11(2,3)7-5-8(12)10(14-4)9(13)6-7;1-9(2,3)15-8(12)11-6-4-5-7(11)10(13)14;;;;;1-4-5(2)3/h11-18H,1-10H3;9-12,17-19,21-22H,3-8,13-16H2,1-2H3;5-6H,1-4H3;4-6,13-14H,1-3H3;1H4;;;;1H/q;;;;;;;+1;/p-1. The Morgan fingerprint density at radius 1 is 0.549 bits per heavy atom. The van der Waals surface area contributed by atoms with Gasteiger partial charge in [-0.15, -0.1) is 0 Å². The molecule has 1 unspecified atom stereocenters. The molecule has 0 spiro atoms. The number of aromatic nitrogens is 3. The zero-order chi connectivity index (χ0) is 75.3. The summed E-state index contributed by atoms with van der Waals surface area (Å²) in [5.74, 6) is 2.41. The number of carbonyl (C=O) groups is 3. The van der Waals surface area contributed by atoms with E-state index in [-0.39, 0.29) is 83.2 Å². The summed E-state index contributed by atoms with van der Waals surface area (Å²) in [7, 11) is 0.101. The predicted molar refractivity (Wildman–Crippen MR) is 415 cm³/mol. The number of nitrogens with zero attached hydrogens (tertiary/aromatic N) is 3. The van der Waals surface area contributed by atoms with Crippen LogP contribution in [-0.4, -0.2) is 162 Å². The molecule has 0 aliphatic heterocycles. The van der Waals surface area contributed by atoms with E-state index < -0.39 is 50.5 Å². The van der Waals surface area contributed by atoms with Crippen molar-refractivity contribution >= 4 is 147 Å². The molecule has 9 rings (SSSR count). The third-order valence-corrected chi connectivity index (χ3v) is 20.8. The first-order valence-electron chi connectivity index (χ1n) is 34.1. The van der Waals surface area contributed by atoms with Crippen molar-refractivity contribution in [2.24, 2.45) is 0 Å². The van der Waals surface area contributed by atoms with E-state index in [2.05, 4.69) is 140 Å². The fraction of sp³-hybridized carbons (Fsp3) is 0.487. The summed E-state index contributed by atoms with van der Waals surface area (Å²) in [6.07, 6.45) is 17.6. The molecule has 3 aromatic heterocycles. The molecule has 2 aliphatic carbocycles. The van der Waals surface area contributed by atoms with Crippen molar-refractivity contribution in [3.8, 4) is 50.9 Å². The first-order chi connectivity index (χ1) is 46.7. The van der Waals surface area contributed by atoms with Gasteiger partial charge in [-0.3, -0.25) is 13.7 Å². The van der Waals surface area contributed by atoms with Crippen molar-refractivity contribution in [3.63, 3.8) is 0 Å². The van der Waals surface area contributed by atoms with Crippen LogP contribution in [0.4, 0.5) is 14.4 Å². The molecule has 4 aromatic carbocycles. The summed E-state index contributed by atoms with van der Waals surface area (Å²) in [5, 5.41) is 28.1. The minimum absolute atomic E-state index is 0. The molecular formula is C76H105BBr2K3N3O15P2. The number of methoxy groups -OCH3 is 3. The van der Waals surface area contributed by atoms with Crippen LogP contribution in [-0.2, 0) is 34.3 Å². The molecule has 0 amide bonds. The zero-order valence-electron chi connectivity index (χ0n) is 63.5. The predicted octanol–water partition coefficient (Wildman–Crippen LogP) is 14.6. The van der Waals surface area contributed by atoms with Crippen LogP contribution in [0.1, 0.15) is 192 Å². The number of aryl methyl sites for hydroxylation is 1. The molecule has 18 nitrogen and oxygen atoms in total. The van der Waals surface area contributed by atoms with E-state index >= 15 is 0 Å². The van der Waals surface area contributed by atoms with Gasteiger partial charge in [0, 0.05) is 35.3 Å². The van der Waals surface area contributed by atoms with Crippen LogP contribution in [0.25, 0.3) is 33.6 Å². The Kier molecular flexibility index (Phi) is 42.9. The van der Waals surface area contributed by atoms with Crippen LogP contribution in [0.3, 0.4) is 0 Å². The summed E-state index contributed by atoms with van der Waals surface area (Å²) < 4.78 is 50.7. The van der Waals surface area contributed by atoms with Gasteiger partial charge >= 0.3 is 148 Å². The third kappa shape index (κ3) is 30.2. The molecule has 2 saturated carbocycles. The van der Waals surface area contributed by atoms with E-state index in [0.717, 1.165) is 41.9 Å². The van der Waals surface area contributed by atoms with E-state index in [1.807, 2.05) is 72.9 Å². The number of hydrogen-bond acceptors (Lipinski definition) is 15. The molecule has 2 aliphatic rings. The van der Waals surface area contributed by atoms with Gasteiger partial charge in [-0.05, 0) is 248 Å². The van der Waals surface area contributed by atoms with Crippen molar-refractivity contribution in [3.05, 3.63) is 147 Å². The molecule has 3 heterocycles.